The number of hydrogen-bond acceptors (Lipinski definition) is 6. The summed E-state index contributed by atoms with van der Waals surface area (Å²) in [4.78, 5) is 8.54. The molecule has 3 aliphatic heterocycles. The summed E-state index contributed by atoms with van der Waals surface area (Å²) in [7, 11) is 0. The minimum atomic E-state index is 0.288. The van der Waals surface area contributed by atoms with Crippen molar-refractivity contribution < 1.29 is 4.74 Å². The molecule has 0 bridgehead atoms. The summed E-state index contributed by atoms with van der Waals surface area (Å²) in [6.45, 7) is 6.28. The number of aromatic nitrogens is 1. The van der Waals surface area contributed by atoms with E-state index in [1.54, 1.807) is 11.9 Å². The lowest BCUT2D eigenvalue weighted by molar-refractivity contribution is 0.0972. The molecule has 2 N–H and O–H groups in total. The van der Waals surface area contributed by atoms with Crippen molar-refractivity contribution in [3.63, 3.8) is 0 Å². The van der Waals surface area contributed by atoms with Crippen molar-refractivity contribution in [2.24, 2.45) is 0 Å². The minimum Gasteiger partial charge on any atom is -0.375 e. The van der Waals surface area contributed by atoms with Gasteiger partial charge in [-0.2, -0.15) is 0 Å². The summed E-state index contributed by atoms with van der Waals surface area (Å²) in [5, 5.41) is 3.62. The van der Waals surface area contributed by atoms with E-state index in [1.807, 2.05) is 18.3 Å². The SMILES string of the molecule is CC1=Cc2c(c3ccccnc-3c2N2CCN[C@@H](COCc3ccccc3)C2)NS1. The highest BCUT2D eigenvalue weighted by Gasteiger charge is 2.31. The Labute approximate surface area is 182 Å². The first-order valence-corrected chi connectivity index (χ1v) is 11.2. The van der Waals surface area contributed by atoms with E-state index < -0.39 is 0 Å². The maximum absolute atomic E-state index is 6.02. The molecule has 4 aliphatic rings. The molecule has 6 heteroatoms. The van der Waals surface area contributed by atoms with Crippen LogP contribution in [0.1, 0.15) is 18.1 Å². The van der Waals surface area contributed by atoms with Gasteiger partial charge in [0.05, 0.1) is 30.3 Å². The molecule has 1 aromatic carbocycles. The van der Waals surface area contributed by atoms with E-state index in [-0.39, 0.29) is 6.04 Å². The fraction of sp³-hybridized carbons (Fsp3) is 0.292. The van der Waals surface area contributed by atoms with Crippen molar-refractivity contribution in [2.75, 3.05) is 35.9 Å². The highest BCUT2D eigenvalue weighted by molar-refractivity contribution is 8.04. The van der Waals surface area contributed by atoms with Crippen LogP contribution >= 0.6 is 11.9 Å². The Kier molecular flexibility index (Phi) is 5.62. The number of rotatable bonds is 5. The van der Waals surface area contributed by atoms with Gasteiger partial charge in [0, 0.05) is 47.9 Å². The number of nitrogens with zero attached hydrogens (tertiary/aromatic N) is 2. The fourth-order valence-electron chi connectivity index (χ4n) is 4.22. The Bertz CT molecular complexity index is 1020. The first-order chi connectivity index (χ1) is 14.8. The van der Waals surface area contributed by atoms with E-state index in [0.717, 1.165) is 25.3 Å². The summed E-state index contributed by atoms with van der Waals surface area (Å²) < 4.78 is 9.56. The highest BCUT2D eigenvalue weighted by Crippen LogP contribution is 2.50. The second-order valence-electron chi connectivity index (χ2n) is 7.79. The molecule has 0 amide bonds. The molecule has 1 aliphatic carbocycles. The van der Waals surface area contributed by atoms with Crippen LogP contribution in [-0.4, -0.2) is 37.3 Å². The van der Waals surface area contributed by atoms with Crippen LogP contribution in [0.25, 0.3) is 17.3 Å². The average molecular weight is 419 g/mol. The van der Waals surface area contributed by atoms with E-state index in [9.17, 15) is 0 Å². The molecule has 1 saturated heterocycles. The predicted octanol–water partition coefficient (Wildman–Crippen LogP) is 4.62. The molecule has 1 atom stereocenters. The van der Waals surface area contributed by atoms with E-state index in [4.69, 9.17) is 9.72 Å². The Morgan fingerprint density at radius 3 is 2.93 bits per heavy atom. The zero-order chi connectivity index (χ0) is 20.3. The van der Waals surface area contributed by atoms with Crippen LogP contribution in [0.2, 0.25) is 0 Å². The zero-order valence-electron chi connectivity index (χ0n) is 17.1. The number of benzene rings is 1. The Morgan fingerprint density at radius 1 is 1.17 bits per heavy atom. The summed E-state index contributed by atoms with van der Waals surface area (Å²) >= 11 is 1.67. The lowest BCUT2D eigenvalue weighted by atomic mass is 10.1. The Balaban J connectivity index is 1.37. The molecule has 3 heterocycles. The van der Waals surface area contributed by atoms with Gasteiger partial charge in [-0.05, 0) is 36.6 Å². The topological polar surface area (TPSA) is 49.4 Å². The second kappa shape index (κ2) is 8.68. The van der Waals surface area contributed by atoms with Gasteiger partial charge in [0.25, 0.3) is 0 Å². The molecule has 0 unspecified atom stereocenters. The molecule has 0 aromatic heterocycles. The molecular weight excluding hydrogens is 392 g/mol. The Morgan fingerprint density at radius 2 is 2.03 bits per heavy atom. The fourth-order valence-corrected chi connectivity index (χ4v) is 4.88. The summed E-state index contributed by atoms with van der Waals surface area (Å²) in [6, 6.07) is 16.9. The molecule has 1 aromatic rings. The first kappa shape index (κ1) is 19.4. The van der Waals surface area contributed by atoms with Crippen LogP contribution in [0.3, 0.4) is 0 Å². The molecule has 30 heavy (non-hydrogen) atoms. The largest absolute Gasteiger partial charge is 0.375 e. The van der Waals surface area contributed by atoms with Crippen LogP contribution in [0.15, 0.2) is 59.6 Å². The molecular formula is C24H26N4OS. The van der Waals surface area contributed by atoms with Gasteiger partial charge in [-0.15, -0.1) is 0 Å². The third-order valence-electron chi connectivity index (χ3n) is 5.60. The van der Waals surface area contributed by atoms with Crippen molar-refractivity contribution in [3.05, 3.63) is 70.8 Å². The van der Waals surface area contributed by atoms with E-state index in [2.05, 4.69) is 64.3 Å². The molecule has 1 fully saturated rings. The number of piperazine rings is 1. The normalized spacial score (nSPS) is 18.6. The Hall–Kier alpha value is -2.54. The third-order valence-corrected chi connectivity index (χ3v) is 6.35. The smallest absolute Gasteiger partial charge is 0.0963 e. The van der Waals surface area contributed by atoms with Gasteiger partial charge in [-0.25, -0.2) is 0 Å². The van der Waals surface area contributed by atoms with Crippen LogP contribution in [-0.2, 0) is 11.3 Å². The number of fused-ring (bicyclic) bond motifs is 3. The number of hydrogen-bond donors (Lipinski definition) is 2. The standard InChI is InChI=1S/C24H26N4OS/c1-17-13-21-22(27-30-17)20-9-5-6-10-26-23(20)24(21)28-12-11-25-19(14-28)16-29-15-18-7-3-2-4-8-18/h2-10,13,19,25,27H,11-12,14-16H2,1H3/t19-/m1/s1. The van der Waals surface area contributed by atoms with Crippen molar-refractivity contribution in [1.82, 2.24) is 10.3 Å². The number of ether oxygens (including phenoxy) is 1. The molecule has 154 valence electrons. The molecule has 0 radical (unpaired) electrons. The van der Waals surface area contributed by atoms with Crippen LogP contribution in [0, 0.1) is 0 Å². The quantitative estimate of drug-likeness (QED) is 0.590. The van der Waals surface area contributed by atoms with Crippen molar-refractivity contribution in [1.29, 1.82) is 0 Å². The van der Waals surface area contributed by atoms with Crippen LogP contribution in [0.5, 0.6) is 0 Å². The number of allylic oxidation sites excluding steroid dienone is 1. The molecule has 5 nitrogen and oxygen atoms in total. The van der Waals surface area contributed by atoms with Gasteiger partial charge in [0.2, 0.25) is 0 Å². The monoisotopic (exact) mass is 418 g/mol. The van der Waals surface area contributed by atoms with Gasteiger partial charge in [-0.1, -0.05) is 42.5 Å². The maximum Gasteiger partial charge on any atom is 0.0963 e. The summed E-state index contributed by atoms with van der Waals surface area (Å²) in [5.74, 6) is 0. The van der Waals surface area contributed by atoms with Gasteiger partial charge in [0.1, 0.15) is 0 Å². The van der Waals surface area contributed by atoms with Gasteiger partial charge in [0.15, 0.2) is 0 Å². The van der Waals surface area contributed by atoms with Crippen molar-refractivity contribution in [2.45, 2.75) is 19.6 Å². The maximum atomic E-state index is 6.02. The zero-order valence-corrected chi connectivity index (χ0v) is 17.9. The highest BCUT2D eigenvalue weighted by atomic mass is 32.2. The van der Waals surface area contributed by atoms with Gasteiger partial charge in [-0.3, -0.25) is 4.98 Å². The molecule has 0 saturated carbocycles. The average Bonchev–Trinajstić information content (AvgIpc) is 2.89. The molecule has 0 spiro atoms. The van der Waals surface area contributed by atoms with E-state index in [1.165, 1.54) is 33.0 Å². The van der Waals surface area contributed by atoms with Crippen molar-refractivity contribution >= 4 is 29.4 Å². The van der Waals surface area contributed by atoms with Crippen LogP contribution in [0.4, 0.5) is 11.4 Å². The predicted molar refractivity (Wildman–Crippen MR) is 126 cm³/mol. The van der Waals surface area contributed by atoms with Gasteiger partial charge < -0.3 is 19.7 Å². The summed E-state index contributed by atoms with van der Waals surface area (Å²) in [6.07, 6.45) is 4.18. The van der Waals surface area contributed by atoms with E-state index in [0.29, 0.717) is 13.2 Å². The molecule has 5 rings (SSSR count). The minimum absolute atomic E-state index is 0.288. The van der Waals surface area contributed by atoms with E-state index >= 15 is 0 Å². The van der Waals surface area contributed by atoms with Crippen molar-refractivity contribution in [3.8, 4) is 11.3 Å². The van der Waals surface area contributed by atoms with Crippen LogP contribution < -0.4 is 14.9 Å². The first-order valence-electron chi connectivity index (χ1n) is 10.4. The second-order valence-corrected chi connectivity index (χ2v) is 8.84. The lowest BCUT2D eigenvalue weighted by Gasteiger charge is -2.35. The number of nitrogens with one attached hydrogen (secondary N) is 2. The van der Waals surface area contributed by atoms with Gasteiger partial charge >= 0.3 is 0 Å². The number of anilines is 2. The third kappa shape index (κ3) is 3.90. The lowest BCUT2D eigenvalue weighted by Crippen LogP contribution is -2.52. The summed E-state index contributed by atoms with van der Waals surface area (Å²) in [5.41, 5.74) is 7.12.